The fraction of sp³-hybridized carbons (Fsp3) is 0.190. The number of hydrogen-bond donors (Lipinski definition) is 1. The van der Waals surface area contributed by atoms with Gasteiger partial charge in [0.1, 0.15) is 29.1 Å². The third kappa shape index (κ3) is 4.42. The van der Waals surface area contributed by atoms with Gasteiger partial charge in [0.2, 0.25) is 0 Å². The molecular weight excluding hydrogens is 416 g/mol. The Hall–Kier alpha value is -3.69. The van der Waals surface area contributed by atoms with Gasteiger partial charge < -0.3 is 15.4 Å². The molecule has 4 rings (SSSR count). The van der Waals surface area contributed by atoms with Crippen LogP contribution in [-0.4, -0.2) is 35.1 Å². The topological polar surface area (TPSA) is 81.3 Å². The van der Waals surface area contributed by atoms with Crippen molar-refractivity contribution in [2.24, 2.45) is 5.73 Å². The number of pyridine rings is 2. The first kappa shape index (κ1) is 20.6. The van der Waals surface area contributed by atoms with Crippen molar-refractivity contribution in [2.75, 3.05) is 18.0 Å². The molecule has 2 N–H and O–H groups in total. The number of alkyl halides is 3. The van der Waals surface area contributed by atoms with Gasteiger partial charge in [-0.1, -0.05) is 12.1 Å². The number of benzene rings is 1. The van der Waals surface area contributed by atoms with Crippen LogP contribution in [-0.2, 0) is 6.18 Å². The zero-order valence-electron chi connectivity index (χ0n) is 15.9. The molecule has 0 saturated carbocycles. The zero-order valence-corrected chi connectivity index (χ0v) is 15.9. The minimum Gasteiger partial charge on any atom is -0.484 e. The Balaban J connectivity index is 1.52. The van der Waals surface area contributed by atoms with Gasteiger partial charge in [0.05, 0.1) is 19.3 Å². The number of amides is 1. The SMILES string of the molecule is NC(=O)c1cc(-c2ccc(F)cc2)c(OC2CN(c3ccnc(C(F)(F)F)c3)C2)cn1. The fourth-order valence-corrected chi connectivity index (χ4v) is 3.20. The minimum atomic E-state index is -4.52. The molecule has 1 fully saturated rings. The summed E-state index contributed by atoms with van der Waals surface area (Å²) in [6.45, 7) is 0.698. The number of carbonyl (C=O) groups excluding carboxylic acids is 1. The molecule has 31 heavy (non-hydrogen) atoms. The van der Waals surface area contributed by atoms with Gasteiger partial charge in [-0.3, -0.25) is 9.78 Å². The molecule has 0 aliphatic carbocycles. The Morgan fingerprint density at radius 2 is 1.81 bits per heavy atom. The van der Waals surface area contributed by atoms with E-state index in [1.54, 1.807) is 4.90 Å². The Morgan fingerprint density at radius 1 is 1.10 bits per heavy atom. The van der Waals surface area contributed by atoms with Gasteiger partial charge in [-0.05, 0) is 35.9 Å². The van der Waals surface area contributed by atoms with E-state index >= 15 is 0 Å². The van der Waals surface area contributed by atoms with Crippen molar-refractivity contribution in [1.82, 2.24) is 9.97 Å². The van der Waals surface area contributed by atoms with Crippen molar-refractivity contribution in [3.8, 4) is 16.9 Å². The van der Waals surface area contributed by atoms with E-state index in [0.29, 0.717) is 35.7 Å². The highest BCUT2D eigenvalue weighted by atomic mass is 19.4. The number of halogens is 4. The molecule has 3 aromatic rings. The first-order chi connectivity index (χ1) is 14.7. The quantitative estimate of drug-likeness (QED) is 0.623. The van der Waals surface area contributed by atoms with Crippen LogP contribution in [0.1, 0.15) is 16.2 Å². The molecule has 1 amide bonds. The van der Waals surface area contributed by atoms with Crippen LogP contribution in [0.4, 0.5) is 23.2 Å². The molecule has 1 aliphatic heterocycles. The largest absolute Gasteiger partial charge is 0.484 e. The van der Waals surface area contributed by atoms with E-state index in [4.69, 9.17) is 10.5 Å². The van der Waals surface area contributed by atoms with Gasteiger partial charge >= 0.3 is 6.18 Å². The minimum absolute atomic E-state index is 0.0263. The summed E-state index contributed by atoms with van der Waals surface area (Å²) in [5.41, 5.74) is 5.87. The lowest BCUT2D eigenvalue weighted by Crippen LogP contribution is -2.54. The number of nitrogens with zero attached hydrogens (tertiary/aromatic N) is 3. The van der Waals surface area contributed by atoms with E-state index in [1.165, 1.54) is 42.6 Å². The predicted octanol–water partition coefficient (Wildman–Crippen LogP) is 3.67. The molecule has 6 nitrogen and oxygen atoms in total. The Labute approximate surface area is 174 Å². The maximum absolute atomic E-state index is 13.3. The summed E-state index contributed by atoms with van der Waals surface area (Å²) < 4.78 is 57.9. The van der Waals surface area contributed by atoms with Gasteiger partial charge in [-0.2, -0.15) is 13.2 Å². The van der Waals surface area contributed by atoms with Crippen molar-refractivity contribution in [3.63, 3.8) is 0 Å². The van der Waals surface area contributed by atoms with E-state index in [1.807, 2.05) is 0 Å². The lowest BCUT2D eigenvalue weighted by atomic mass is 10.0. The van der Waals surface area contributed by atoms with Crippen molar-refractivity contribution >= 4 is 11.6 Å². The molecule has 0 atom stereocenters. The number of aromatic nitrogens is 2. The summed E-state index contributed by atoms with van der Waals surface area (Å²) in [4.78, 5) is 20.6. The van der Waals surface area contributed by atoms with Crippen molar-refractivity contribution in [2.45, 2.75) is 12.3 Å². The maximum Gasteiger partial charge on any atom is 0.433 e. The lowest BCUT2D eigenvalue weighted by molar-refractivity contribution is -0.141. The van der Waals surface area contributed by atoms with Gasteiger partial charge in [-0.15, -0.1) is 0 Å². The Bertz CT molecular complexity index is 1110. The van der Waals surface area contributed by atoms with Crippen LogP contribution in [0, 0.1) is 5.82 Å². The van der Waals surface area contributed by atoms with Crippen molar-refractivity contribution in [1.29, 1.82) is 0 Å². The van der Waals surface area contributed by atoms with Crippen LogP contribution in [0.2, 0.25) is 0 Å². The average molecular weight is 432 g/mol. The van der Waals surface area contributed by atoms with Crippen LogP contribution in [0.15, 0.2) is 54.9 Å². The van der Waals surface area contributed by atoms with Crippen LogP contribution in [0.3, 0.4) is 0 Å². The van der Waals surface area contributed by atoms with Crippen molar-refractivity contribution < 1.29 is 27.1 Å². The number of nitrogens with two attached hydrogens (primary N) is 1. The normalized spacial score (nSPS) is 14.3. The summed E-state index contributed by atoms with van der Waals surface area (Å²) in [5.74, 6) is -0.782. The van der Waals surface area contributed by atoms with Gasteiger partial charge in [0.25, 0.3) is 5.91 Å². The van der Waals surface area contributed by atoms with Crippen LogP contribution >= 0.6 is 0 Å². The second-order valence-electron chi connectivity index (χ2n) is 6.98. The number of primary amides is 1. The second-order valence-corrected chi connectivity index (χ2v) is 6.98. The average Bonchev–Trinajstić information content (AvgIpc) is 2.70. The van der Waals surface area contributed by atoms with E-state index in [-0.39, 0.29) is 11.8 Å². The molecule has 10 heteroatoms. The summed E-state index contributed by atoms with van der Waals surface area (Å²) in [7, 11) is 0. The lowest BCUT2D eigenvalue weighted by Gasteiger charge is -2.41. The highest BCUT2D eigenvalue weighted by molar-refractivity contribution is 5.92. The summed E-state index contributed by atoms with van der Waals surface area (Å²) in [6, 6.07) is 9.56. The maximum atomic E-state index is 13.3. The molecule has 3 heterocycles. The fourth-order valence-electron chi connectivity index (χ4n) is 3.20. The number of hydrogen-bond acceptors (Lipinski definition) is 5. The summed E-state index contributed by atoms with van der Waals surface area (Å²) >= 11 is 0. The zero-order chi connectivity index (χ0) is 22.2. The van der Waals surface area contributed by atoms with E-state index < -0.39 is 23.6 Å². The Morgan fingerprint density at radius 3 is 2.45 bits per heavy atom. The first-order valence-electron chi connectivity index (χ1n) is 9.21. The smallest absolute Gasteiger partial charge is 0.433 e. The molecule has 1 saturated heterocycles. The second kappa shape index (κ2) is 7.86. The first-order valence-corrected chi connectivity index (χ1v) is 9.21. The van der Waals surface area contributed by atoms with Gasteiger partial charge in [0.15, 0.2) is 0 Å². The van der Waals surface area contributed by atoms with Crippen LogP contribution in [0.25, 0.3) is 11.1 Å². The number of carbonyl (C=O) groups is 1. The molecular formula is C21H16F4N4O2. The molecule has 0 radical (unpaired) electrons. The number of ether oxygens (including phenoxy) is 1. The summed E-state index contributed by atoms with van der Waals surface area (Å²) in [6.07, 6.45) is -2.36. The summed E-state index contributed by atoms with van der Waals surface area (Å²) in [5, 5.41) is 0. The highest BCUT2D eigenvalue weighted by Crippen LogP contribution is 2.34. The standard InChI is InChI=1S/C21H16F4N4O2/c22-13-3-1-12(2-4-13)16-8-17(20(26)30)28-9-18(16)31-15-10-29(11-15)14-5-6-27-19(7-14)21(23,24)25/h1-9,15H,10-11H2,(H2,26,30). The predicted molar refractivity (Wildman–Crippen MR) is 104 cm³/mol. The van der Waals surface area contributed by atoms with E-state index in [2.05, 4.69) is 9.97 Å². The highest BCUT2D eigenvalue weighted by Gasteiger charge is 2.35. The van der Waals surface area contributed by atoms with Gasteiger partial charge in [-0.25, -0.2) is 9.37 Å². The van der Waals surface area contributed by atoms with Gasteiger partial charge in [0, 0.05) is 17.4 Å². The third-order valence-corrected chi connectivity index (χ3v) is 4.82. The van der Waals surface area contributed by atoms with E-state index in [0.717, 1.165) is 12.3 Å². The van der Waals surface area contributed by atoms with Crippen molar-refractivity contribution in [3.05, 3.63) is 72.1 Å². The van der Waals surface area contributed by atoms with Crippen LogP contribution < -0.4 is 15.4 Å². The third-order valence-electron chi connectivity index (χ3n) is 4.82. The van der Waals surface area contributed by atoms with Crippen LogP contribution in [0.5, 0.6) is 5.75 Å². The number of anilines is 1. The Kier molecular flexibility index (Phi) is 5.22. The molecule has 0 bridgehead atoms. The molecule has 2 aromatic heterocycles. The molecule has 160 valence electrons. The molecule has 0 unspecified atom stereocenters. The molecule has 1 aliphatic rings. The number of rotatable bonds is 5. The monoisotopic (exact) mass is 432 g/mol. The molecule has 1 aromatic carbocycles. The van der Waals surface area contributed by atoms with E-state index in [9.17, 15) is 22.4 Å². The molecule has 0 spiro atoms.